The van der Waals surface area contributed by atoms with Crippen molar-refractivity contribution in [3.8, 4) is 0 Å². The lowest BCUT2D eigenvalue weighted by molar-refractivity contribution is -0.151. The Bertz CT molecular complexity index is 949. The molecule has 0 aromatic heterocycles. The number of fused-ring (bicyclic) bond motifs is 3. The van der Waals surface area contributed by atoms with E-state index in [0.29, 0.717) is 41.6 Å². The molecule has 4 nitrogen and oxygen atoms in total. The average Bonchev–Trinajstić information content (AvgIpc) is 3.32. The molecule has 0 aromatic rings. The van der Waals surface area contributed by atoms with Crippen molar-refractivity contribution in [2.24, 2.45) is 52.3 Å². The maximum atomic E-state index is 12.0. The van der Waals surface area contributed by atoms with E-state index in [1.165, 1.54) is 64.2 Å². The minimum atomic E-state index is -0.701. The van der Waals surface area contributed by atoms with Crippen molar-refractivity contribution in [2.75, 3.05) is 13.7 Å². The van der Waals surface area contributed by atoms with Gasteiger partial charge in [-0.2, -0.15) is 0 Å². The van der Waals surface area contributed by atoms with Crippen LogP contribution in [0, 0.1) is 52.3 Å². The lowest BCUT2D eigenvalue weighted by atomic mass is 9.44. The lowest BCUT2D eigenvalue weighted by Gasteiger charge is -2.61. The topological polar surface area (TPSA) is 62.2 Å². The molecule has 1 saturated heterocycles. The number of epoxide rings is 1. The Kier molecular flexibility index (Phi) is 6.30. The molecule has 13 atom stereocenters. The first kappa shape index (κ1) is 26.5. The van der Waals surface area contributed by atoms with Gasteiger partial charge in [0.25, 0.3) is 0 Å². The van der Waals surface area contributed by atoms with Crippen molar-refractivity contribution in [3.05, 3.63) is 12.2 Å². The number of allylic oxidation sites excluding steroid dienone is 1. The van der Waals surface area contributed by atoms with Crippen molar-refractivity contribution < 1.29 is 19.7 Å². The summed E-state index contributed by atoms with van der Waals surface area (Å²) < 4.78 is 12.3. The van der Waals surface area contributed by atoms with Crippen molar-refractivity contribution in [3.63, 3.8) is 0 Å². The highest BCUT2D eigenvalue weighted by atomic mass is 16.6. The van der Waals surface area contributed by atoms with Crippen LogP contribution in [0.2, 0.25) is 0 Å². The van der Waals surface area contributed by atoms with Gasteiger partial charge in [-0.3, -0.25) is 0 Å². The normalized spacial score (nSPS) is 57.6. The summed E-state index contributed by atoms with van der Waals surface area (Å²) in [6, 6.07) is 0. The van der Waals surface area contributed by atoms with E-state index < -0.39 is 5.60 Å². The van der Waals surface area contributed by atoms with Crippen LogP contribution < -0.4 is 0 Å². The predicted octanol–water partition coefficient (Wildman–Crippen LogP) is 6.68. The summed E-state index contributed by atoms with van der Waals surface area (Å²) in [5.41, 5.74) is 1.70. The van der Waals surface area contributed by atoms with Gasteiger partial charge in [0.1, 0.15) is 0 Å². The fourth-order valence-corrected chi connectivity index (χ4v) is 12.4. The molecule has 2 N–H and O–H groups in total. The Morgan fingerprint density at radius 3 is 2.63 bits per heavy atom. The molecule has 1 heterocycles. The standard InChI is InChI=1S/C34H54O4/c1-21-15-33(30-32(3,38-30)16-24-6-5-11-31(2)20-27(21)29(24)31)12-9-23(17-33)25-14-22(10-13-37-4)28-8-7-26(35)19-34(28,36)18-25/h22-30,35-36H,1,5-20H2,2-4H3. The number of hydrogen-bond donors (Lipinski definition) is 2. The number of aliphatic hydroxyl groups is 2. The van der Waals surface area contributed by atoms with Crippen LogP contribution in [-0.4, -0.2) is 47.3 Å². The third kappa shape index (κ3) is 4.04. The minimum Gasteiger partial charge on any atom is -0.393 e. The second-order valence-corrected chi connectivity index (χ2v) is 16.2. The van der Waals surface area contributed by atoms with Gasteiger partial charge < -0.3 is 19.7 Å². The van der Waals surface area contributed by atoms with Crippen LogP contribution in [-0.2, 0) is 9.47 Å². The van der Waals surface area contributed by atoms with Gasteiger partial charge >= 0.3 is 0 Å². The zero-order valence-corrected chi connectivity index (χ0v) is 24.4. The van der Waals surface area contributed by atoms with Gasteiger partial charge in [-0.15, -0.1) is 0 Å². The van der Waals surface area contributed by atoms with Crippen LogP contribution in [0.3, 0.4) is 0 Å². The zero-order valence-electron chi connectivity index (χ0n) is 24.4. The minimum absolute atomic E-state index is 0.0624. The van der Waals surface area contributed by atoms with E-state index >= 15 is 0 Å². The monoisotopic (exact) mass is 526 g/mol. The van der Waals surface area contributed by atoms with Crippen molar-refractivity contribution in [1.82, 2.24) is 0 Å². The Labute approximate surface area is 231 Å². The molecule has 6 saturated carbocycles. The molecule has 1 spiro atoms. The number of rotatable bonds is 4. The quantitative estimate of drug-likeness (QED) is 0.317. The summed E-state index contributed by atoms with van der Waals surface area (Å²) in [5.74, 6) is 4.42. The van der Waals surface area contributed by atoms with E-state index in [2.05, 4.69) is 13.8 Å². The van der Waals surface area contributed by atoms with E-state index in [-0.39, 0.29) is 17.1 Å². The van der Waals surface area contributed by atoms with Crippen LogP contribution in [0.5, 0.6) is 0 Å². The lowest BCUT2D eigenvalue weighted by Crippen LogP contribution is -2.53. The van der Waals surface area contributed by atoms with Gasteiger partial charge in [0.05, 0.1) is 23.4 Å². The maximum absolute atomic E-state index is 12.0. The number of ether oxygens (including phenoxy) is 2. The van der Waals surface area contributed by atoms with E-state index in [0.717, 1.165) is 50.0 Å². The molecule has 7 fully saturated rings. The first-order chi connectivity index (χ1) is 18.1. The predicted molar refractivity (Wildman–Crippen MR) is 149 cm³/mol. The van der Waals surface area contributed by atoms with Gasteiger partial charge in [-0.25, -0.2) is 0 Å². The molecule has 0 radical (unpaired) electrons. The van der Waals surface area contributed by atoms with Crippen molar-refractivity contribution >= 4 is 0 Å². The Balaban J connectivity index is 1.13. The largest absolute Gasteiger partial charge is 0.393 e. The van der Waals surface area contributed by atoms with Crippen LogP contribution in [0.1, 0.15) is 110 Å². The van der Waals surface area contributed by atoms with Gasteiger partial charge in [0.15, 0.2) is 0 Å². The molecule has 0 aromatic carbocycles. The van der Waals surface area contributed by atoms with Crippen LogP contribution >= 0.6 is 0 Å². The van der Waals surface area contributed by atoms with Crippen LogP contribution in [0.4, 0.5) is 0 Å². The molecule has 214 valence electrons. The van der Waals surface area contributed by atoms with E-state index in [9.17, 15) is 10.2 Å². The first-order valence-corrected chi connectivity index (χ1v) is 16.3. The van der Waals surface area contributed by atoms with E-state index in [1.54, 1.807) is 12.7 Å². The summed E-state index contributed by atoms with van der Waals surface area (Å²) in [6.45, 7) is 10.6. The molecule has 1 aliphatic heterocycles. The molecule has 7 aliphatic rings. The molecule has 6 aliphatic carbocycles. The summed E-state index contributed by atoms with van der Waals surface area (Å²) in [6.07, 6.45) is 17.3. The zero-order chi connectivity index (χ0) is 26.5. The number of methoxy groups -OCH3 is 1. The molecule has 0 amide bonds. The summed E-state index contributed by atoms with van der Waals surface area (Å²) in [4.78, 5) is 0. The summed E-state index contributed by atoms with van der Waals surface area (Å²) in [5, 5.41) is 22.5. The molecular formula is C34H54O4. The van der Waals surface area contributed by atoms with Crippen molar-refractivity contribution in [1.29, 1.82) is 0 Å². The Morgan fingerprint density at radius 2 is 1.82 bits per heavy atom. The molecular weight excluding hydrogens is 472 g/mol. The second-order valence-electron chi connectivity index (χ2n) is 16.2. The average molecular weight is 527 g/mol. The number of aliphatic hydroxyl groups excluding tert-OH is 1. The highest BCUT2D eigenvalue weighted by Gasteiger charge is 2.68. The summed E-state index contributed by atoms with van der Waals surface area (Å²) >= 11 is 0. The fourth-order valence-electron chi connectivity index (χ4n) is 12.4. The Morgan fingerprint density at radius 1 is 0.974 bits per heavy atom. The van der Waals surface area contributed by atoms with Gasteiger partial charge in [-0.1, -0.05) is 31.9 Å². The van der Waals surface area contributed by atoms with Crippen molar-refractivity contribution in [2.45, 2.75) is 134 Å². The highest BCUT2D eigenvalue weighted by Crippen LogP contribution is 2.70. The van der Waals surface area contributed by atoms with E-state index in [1.807, 2.05) is 0 Å². The molecule has 0 bridgehead atoms. The smallest absolute Gasteiger partial charge is 0.0930 e. The molecule has 38 heavy (non-hydrogen) atoms. The maximum Gasteiger partial charge on any atom is 0.0930 e. The fraction of sp³-hybridized carbons (Fsp3) is 0.941. The molecule has 7 rings (SSSR count). The Hall–Kier alpha value is -0.420. The first-order valence-electron chi connectivity index (χ1n) is 16.3. The van der Waals surface area contributed by atoms with Gasteiger partial charge in [-0.05, 0) is 131 Å². The third-order valence-electron chi connectivity index (χ3n) is 13.9. The van der Waals surface area contributed by atoms with Crippen LogP contribution in [0.15, 0.2) is 12.2 Å². The van der Waals surface area contributed by atoms with E-state index in [4.69, 9.17) is 16.1 Å². The number of hydrogen-bond acceptors (Lipinski definition) is 4. The second kappa shape index (κ2) is 9.04. The molecule has 13 unspecified atom stereocenters. The third-order valence-corrected chi connectivity index (χ3v) is 13.9. The molecule has 4 heteroatoms. The van der Waals surface area contributed by atoms with Gasteiger partial charge in [0, 0.05) is 25.6 Å². The SMILES string of the molecule is C=C1CC2(CCC(C3CC(CCOC)C4CCC(O)CC4(O)C3)C2)C2OC2(C)CC2CCCC3(C)CC1C23. The van der Waals surface area contributed by atoms with Crippen LogP contribution in [0.25, 0.3) is 0 Å². The highest BCUT2D eigenvalue weighted by molar-refractivity contribution is 5.25. The summed E-state index contributed by atoms with van der Waals surface area (Å²) in [7, 11) is 1.80. The van der Waals surface area contributed by atoms with Gasteiger partial charge in [0.2, 0.25) is 0 Å².